The van der Waals surface area contributed by atoms with E-state index in [9.17, 15) is 4.79 Å². The van der Waals surface area contributed by atoms with Gasteiger partial charge in [0.05, 0.1) is 24.4 Å². The molecule has 3 aliphatic heterocycles. The molecule has 3 aliphatic rings. The topological polar surface area (TPSA) is 38.8 Å². The van der Waals surface area contributed by atoms with Gasteiger partial charge in [0.15, 0.2) is 17.3 Å². The number of hydrogen-bond acceptors (Lipinski definition) is 4. The minimum absolute atomic E-state index is 0.191. The van der Waals surface area contributed by atoms with Gasteiger partial charge in [-0.3, -0.25) is 4.79 Å². The largest absolute Gasteiger partial charge is 0.493 e. The Hall–Kier alpha value is -1.68. The molecule has 118 valence electrons. The predicted molar refractivity (Wildman–Crippen MR) is 86.5 cm³/mol. The monoisotopic (exact) mass is 321 g/mol. The highest BCUT2D eigenvalue weighted by Crippen LogP contribution is 2.38. The van der Waals surface area contributed by atoms with Crippen molar-refractivity contribution in [1.82, 2.24) is 4.90 Å². The van der Waals surface area contributed by atoms with Crippen molar-refractivity contribution in [3.63, 3.8) is 0 Å². The zero-order valence-electron chi connectivity index (χ0n) is 12.9. The van der Waals surface area contributed by atoms with E-state index in [0.717, 1.165) is 37.2 Å². The Labute approximate surface area is 135 Å². The predicted octanol–water partition coefficient (Wildman–Crippen LogP) is 3.38. The van der Waals surface area contributed by atoms with E-state index in [0.29, 0.717) is 23.1 Å². The van der Waals surface area contributed by atoms with Crippen LogP contribution in [0.4, 0.5) is 0 Å². The Balaban J connectivity index is 1.97. The quantitative estimate of drug-likeness (QED) is 0.797. The highest BCUT2D eigenvalue weighted by Gasteiger charge is 2.36. The number of ketones is 1. The maximum atomic E-state index is 12.4. The summed E-state index contributed by atoms with van der Waals surface area (Å²) in [5.74, 6) is 1.58. The number of halogens is 1. The van der Waals surface area contributed by atoms with Gasteiger partial charge in [-0.25, -0.2) is 0 Å². The highest BCUT2D eigenvalue weighted by molar-refractivity contribution is 6.32. The second kappa shape index (κ2) is 6.21. The summed E-state index contributed by atoms with van der Waals surface area (Å²) in [6.07, 6.45) is 3.87. The maximum Gasteiger partial charge on any atom is 0.182 e. The number of benzene rings is 1. The highest BCUT2D eigenvalue weighted by atomic mass is 35.5. The molecule has 0 saturated carbocycles. The van der Waals surface area contributed by atoms with Gasteiger partial charge in [-0.2, -0.15) is 0 Å². The van der Waals surface area contributed by atoms with E-state index in [1.54, 1.807) is 7.11 Å². The lowest BCUT2D eigenvalue weighted by Gasteiger charge is -2.41. The molecular formula is C17H20ClNO3. The molecule has 0 N–H and O–H groups in total. The first kappa shape index (κ1) is 15.2. The molecule has 0 unspecified atom stereocenters. The normalized spacial score (nSPS) is 19.9. The molecule has 0 amide bonds. The van der Waals surface area contributed by atoms with Gasteiger partial charge in [0.2, 0.25) is 0 Å². The molecule has 3 fully saturated rings. The second-order valence-corrected chi connectivity index (χ2v) is 6.03. The lowest BCUT2D eigenvalue weighted by atomic mass is 9.84. The lowest BCUT2D eigenvalue weighted by Crippen LogP contribution is -2.45. The molecule has 5 heteroatoms. The van der Waals surface area contributed by atoms with Crippen LogP contribution < -0.4 is 9.47 Å². The Kier molecular flexibility index (Phi) is 4.30. The van der Waals surface area contributed by atoms with Crippen LogP contribution in [-0.2, 0) is 4.79 Å². The van der Waals surface area contributed by atoms with Crippen molar-refractivity contribution in [2.24, 2.45) is 5.92 Å². The number of carbonyl (C=O) groups is 1. The van der Waals surface area contributed by atoms with Crippen LogP contribution in [0.3, 0.4) is 0 Å². The maximum absolute atomic E-state index is 12.4. The van der Waals surface area contributed by atoms with E-state index in [2.05, 4.69) is 4.90 Å². The third-order valence-corrected chi connectivity index (χ3v) is 4.58. The van der Waals surface area contributed by atoms with Crippen molar-refractivity contribution in [2.45, 2.75) is 19.8 Å². The lowest BCUT2D eigenvalue weighted by molar-refractivity contribution is -0.125. The SMILES string of the molecule is CCOc1c(Cl)cc(/C=C2/C(=O)C3CCN2CC3)cc1OC. The fraction of sp³-hybridized carbons (Fsp3) is 0.471. The minimum Gasteiger partial charge on any atom is -0.493 e. The molecule has 0 radical (unpaired) electrons. The van der Waals surface area contributed by atoms with Crippen LogP contribution in [0, 0.1) is 5.92 Å². The molecule has 0 atom stereocenters. The summed E-state index contributed by atoms with van der Waals surface area (Å²) >= 11 is 6.29. The number of allylic oxidation sites excluding steroid dienone is 1. The number of nitrogens with zero attached hydrogens (tertiary/aromatic N) is 1. The molecule has 22 heavy (non-hydrogen) atoms. The van der Waals surface area contributed by atoms with Crippen LogP contribution in [0.1, 0.15) is 25.3 Å². The molecule has 4 rings (SSSR count). The Morgan fingerprint density at radius 2 is 2.09 bits per heavy atom. The van der Waals surface area contributed by atoms with Crippen LogP contribution in [0.15, 0.2) is 17.8 Å². The number of ether oxygens (including phenoxy) is 2. The summed E-state index contributed by atoms with van der Waals surface area (Å²) in [6.45, 7) is 4.34. The number of rotatable bonds is 4. The van der Waals surface area contributed by atoms with Gasteiger partial charge in [0, 0.05) is 19.0 Å². The molecule has 1 aromatic carbocycles. The van der Waals surface area contributed by atoms with Gasteiger partial charge in [0.25, 0.3) is 0 Å². The van der Waals surface area contributed by atoms with Crippen molar-refractivity contribution in [3.05, 3.63) is 28.4 Å². The first-order valence-corrected chi connectivity index (χ1v) is 8.03. The van der Waals surface area contributed by atoms with Crippen LogP contribution in [0.2, 0.25) is 5.02 Å². The standard InChI is InChI=1S/C17H20ClNO3/c1-3-22-17-13(18)8-11(10-15(17)21-2)9-14-16(20)12-4-6-19(14)7-5-12/h8-10,12H,3-7H2,1-2H3/b14-9-. The van der Waals surface area contributed by atoms with E-state index in [1.807, 2.05) is 25.1 Å². The molecule has 0 spiro atoms. The van der Waals surface area contributed by atoms with Crippen molar-refractivity contribution < 1.29 is 14.3 Å². The Bertz CT molecular complexity index is 619. The third kappa shape index (κ3) is 2.68. The number of carbonyl (C=O) groups excluding carboxylic acids is 1. The van der Waals surface area contributed by atoms with Gasteiger partial charge in [-0.15, -0.1) is 0 Å². The molecule has 3 heterocycles. The van der Waals surface area contributed by atoms with E-state index in [4.69, 9.17) is 21.1 Å². The molecule has 0 aliphatic carbocycles. The zero-order chi connectivity index (χ0) is 15.7. The fourth-order valence-electron chi connectivity index (χ4n) is 3.18. The van der Waals surface area contributed by atoms with Crippen LogP contribution in [0.25, 0.3) is 6.08 Å². The molecule has 3 saturated heterocycles. The number of fused-ring (bicyclic) bond motifs is 3. The van der Waals surface area contributed by atoms with Crippen molar-refractivity contribution in [1.29, 1.82) is 0 Å². The number of methoxy groups -OCH3 is 1. The summed E-state index contributed by atoms with van der Waals surface area (Å²) in [7, 11) is 1.59. The van der Waals surface area contributed by atoms with Crippen molar-refractivity contribution >= 4 is 23.5 Å². The Morgan fingerprint density at radius 1 is 1.36 bits per heavy atom. The number of Topliss-reactive ketones (excluding diaryl/α,β-unsaturated/α-hetero) is 1. The first-order valence-electron chi connectivity index (χ1n) is 7.65. The molecule has 0 aromatic heterocycles. The smallest absolute Gasteiger partial charge is 0.182 e. The average molecular weight is 322 g/mol. The average Bonchev–Trinajstić information content (AvgIpc) is 2.53. The zero-order valence-corrected chi connectivity index (χ0v) is 13.7. The second-order valence-electron chi connectivity index (χ2n) is 5.62. The third-order valence-electron chi connectivity index (χ3n) is 4.30. The van der Waals surface area contributed by atoms with E-state index in [1.165, 1.54) is 0 Å². The van der Waals surface area contributed by atoms with Crippen LogP contribution in [-0.4, -0.2) is 37.5 Å². The van der Waals surface area contributed by atoms with Crippen molar-refractivity contribution in [3.8, 4) is 11.5 Å². The first-order chi connectivity index (χ1) is 10.6. The summed E-state index contributed by atoms with van der Waals surface area (Å²) < 4.78 is 10.9. The summed E-state index contributed by atoms with van der Waals surface area (Å²) in [5, 5.41) is 0.497. The molecular weight excluding hydrogens is 302 g/mol. The van der Waals surface area contributed by atoms with Crippen LogP contribution in [0.5, 0.6) is 11.5 Å². The molecule has 2 bridgehead atoms. The van der Waals surface area contributed by atoms with Gasteiger partial charge >= 0.3 is 0 Å². The number of hydrogen-bond donors (Lipinski definition) is 0. The molecule has 4 nitrogen and oxygen atoms in total. The van der Waals surface area contributed by atoms with Crippen LogP contribution >= 0.6 is 11.6 Å². The molecule has 1 aromatic rings. The summed E-state index contributed by atoms with van der Waals surface area (Å²) in [4.78, 5) is 14.6. The number of piperidine rings is 3. The fourth-order valence-corrected chi connectivity index (χ4v) is 3.45. The van der Waals surface area contributed by atoms with Gasteiger partial charge in [-0.1, -0.05) is 11.6 Å². The van der Waals surface area contributed by atoms with E-state index in [-0.39, 0.29) is 11.7 Å². The Morgan fingerprint density at radius 3 is 2.68 bits per heavy atom. The van der Waals surface area contributed by atoms with Gasteiger partial charge < -0.3 is 14.4 Å². The summed E-state index contributed by atoms with van der Waals surface area (Å²) in [5.41, 5.74) is 1.66. The van der Waals surface area contributed by atoms with E-state index >= 15 is 0 Å². The van der Waals surface area contributed by atoms with E-state index < -0.39 is 0 Å². The van der Waals surface area contributed by atoms with Gasteiger partial charge in [0.1, 0.15) is 0 Å². The summed E-state index contributed by atoms with van der Waals surface area (Å²) in [6, 6.07) is 3.68. The van der Waals surface area contributed by atoms with Gasteiger partial charge in [-0.05, 0) is 43.5 Å². The minimum atomic E-state index is 0.191. The van der Waals surface area contributed by atoms with Crippen molar-refractivity contribution in [2.75, 3.05) is 26.8 Å².